The highest BCUT2D eigenvalue weighted by Gasteiger charge is 2.37. The zero-order valence-corrected chi connectivity index (χ0v) is 37.5. The standard InChI is InChI=1S/C31H25NS.C22H20.C7H8N2/c32-21-27-10-4-5-13-28(27)29-14-7-15-30(33)31(29)26-12-6-11-25(20-26)24-18-16-23(17-19-24)22-8-2-1-3-9-22;1-15-8-6-9-16(14-15)17-11-7-12-19-18-10-4-5-13-20(18)22(2,3)21(17)19;8-7(9)6-4-2-1-3-5-6/h1-20,33H,21,32H2;4-14H,1-3H3;1-5H,(H3,8,9). The Hall–Kier alpha value is -7.24. The zero-order valence-electron chi connectivity index (χ0n) is 36.6. The van der Waals surface area contributed by atoms with Gasteiger partial charge in [-0.05, 0) is 96.9 Å². The number of amidine groups is 1. The molecule has 9 aromatic rings. The smallest absolute Gasteiger partial charge is 0.122 e. The van der Waals surface area contributed by atoms with Crippen LogP contribution in [0.15, 0.2) is 223 Å². The molecular weight excluding hydrogens is 795 g/mol. The molecule has 0 saturated carbocycles. The van der Waals surface area contributed by atoms with Crippen molar-refractivity contribution in [2.45, 2.75) is 37.6 Å². The van der Waals surface area contributed by atoms with Crippen molar-refractivity contribution in [1.29, 1.82) is 5.41 Å². The number of nitrogen functional groups attached to an aromatic ring is 1. The van der Waals surface area contributed by atoms with Crippen LogP contribution in [0.1, 0.15) is 41.7 Å². The Balaban J connectivity index is 0.000000154. The van der Waals surface area contributed by atoms with Crippen LogP contribution in [0.25, 0.3) is 66.8 Å². The summed E-state index contributed by atoms with van der Waals surface area (Å²) in [7, 11) is 0. The van der Waals surface area contributed by atoms with Crippen LogP contribution in [0.4, 0.5) is 0 Å². The van der Waals surface area contributed by atoms with E-state index >= 15 is 0 Å². The van der Waals surface area contributed by atoms with Gasteiger partial charge in [-0.3, -0.25) is 5.41 Å². The Kier molecular flexibility index (Phi) is 13.2. The third-order valence-corrected chi connectivity index (χ3v) is 12.4. The molecule has 0 heterocycles. The van der Waals surface area contributed by atoms with Crippen molar-refractivity contribution in [3.8, 4) is 66.8 Å². The third kappa shape index (κ3) is 9.26. The van der Waals surface area contributed by atoms with Crippen LogP contribution in [-0.2, 0) is 12.0 Å². The molecule has 10 rings (SSSR count). The molecule has 9 aromatic carbocycles. The van der Waals surface area contributed by atoms with Gasteiger partial charge in [0.1, 0.15) is 5.84 Å². The number of hydrogen-bond donors (Lipinski definition) is 4. The van der Waals surface area contributed by atoms with Gasteiger partial charge in [0, 0.05) is 28.0 Å². The lowest BCUT2D eigenvalue weighted by Crippen LogP contribution is -2.16. The Morgan fingerprint density at radius 2 is 0.969 bits per heavy atom. The van der Waals surface area contributed by atoms with Crippen LogP contribution in [0.5, 0.6) is 0 Å². The summed E-state index contributed by atoms with van der Waals surface area (Å²) in [6.45, 7) is 7.35. The molecule has 314 valence electrons. The molecule has 0 bridgehead atoms. The van der Waals surface area contributed by atoms with Gasteiger partial charge in [-0.25, -0.2) is 0 Å². The highest BCUT2D eigenvalue weighted by Crippen LogP contribution is 2.52. The highest BCUT2D eigenvalue weighted by molar-refractivity contribution is 7.80. The minimum absolute atomic E-state index is 0.0479. The number of benzene rings is 9. The van der Waals surface area contributed by atoms with Crippen LogP contribution >= 0.6 is 12.6 Å². The fraction of sp³-hybridized carbons (Fsp3) is 0.0833. The van der Waals surface area contributed by atoms with Gasteiger partial charge in [-0.2, -0.15) is 0 Å². The lowest BCUT2D eigenvalue weighted by Gasteiger charge is -2.24. The molecule has 0 radical (unpaired) electrons. The molecule has 0 fully saturated rings. The van der Waals surface area contributed by atoms with Crippen molar-refractivity contribution in [3.05, 3.63) is 246 Å². The SMILES string of the molecule is Cc1cccc(-c2cccc3c2C(C)(C)c2ccccc2-3)c1.N=C(N)c1ccccc1.NCc1ccccc1-c1cccc(S)c1-c1cccc(-c2ccc(-c3ccccc3)cc2)c1. The molecule has 0 unspecified atom stereocenters. The summed E-state index contributed by atoms with van der Waals surface area (Å²) < 4.78 is 0. The maximum atomic E-state index is 7.01. The summed E-state index contributed by atoms with van der Waals surface area (Å²) in [6.07, 6.45) is 0. The average Bonchev–Trinajstić information content (AvgIpc) is 3.58. The quantitative estimate of drug-likeness (QED) is 0.0733. The van der Waals surface area contributed by atoms with E-state index in [1.54, 1.807) is 0 Å². The van der Waals surface area contributed by atoms with Gasteiger partial charge in [0.2, 0.25) is 0 Å². The molecule has 1 aliphatic rings. The molecule has 5 N–H and O–H groups in total. The van der Waals surface area contributed by atoms with Crippen LogP contribution in [0.2, 0.25) is 0 Å². The fourth-order valence-corrected chi connectivity index (χ4v) is 9.22. The third-order valence-electron chi connectivity index (χ3n) is 12.0. The van der Waals surface area contributed by atoms with Crippen molar-refractivity contribution in [2.24, 2.45) is 11.5 Å². The first-order chi connectivity index (χ1) is 31.1. The summed E-state index contributed by atoms with van der Waals surface area (Å²) >= 11 is 4.84. The maximum Gasteiger partial charge on any atom is 0.122 e. The van der Waals surface area contributed by atoms with Crippen molar-refractivity contribution >= 4 is 18.5 Å². The normalized spacial score (nSPS) is 11.8. The minimum Gasteiger partial charge on any atom is -0.384 e. The number of rotatable bonds is 7. The lowest BCUT2D eigenvalue weighted by atomic mass is 9.79. The van der Waals surface area contributed by atoms with E-state index in [-0.39, 0.29) is 11.3 Å². The molecule has 0 atom stereocenters. The fourth-order valence-electron chi connectivity index (χ4n) is 8.89. The second-order valence-corrected chi connectivity index (χ2v) is 17.1. The number of thiol groups is 1. The average molecular weight is 848 g/mol. The van der Waals surface area contributed by atoms with Gasteiger partial charge in [0.05, 0.1) is 0 Å². The van der Waals surface area contributed by atoms with E-state index in [9.17, 15) is 0 Å². The molecule has 0 amide bonds. The minimum atomic E-state index is 0.0479. The van der Waals surface area contributed by atoms with E-state index in [0.29, 0.717) is 6.54 Å². The van der Waals surface area contributed by atoms with Crippen LogP contribution in [0, 0.1) is 12.3 Å². The van der Waals surface area contributed by atoms with E-state index in [1.165, 1.54) is 61.2 Å². The first-order valence-electron chi connectivity index (χ1n) is 21.7. The van der Waals surface area contributed by atoms with Gasteiger partial charge in [0.15, 0.2) is 0 Å². The summed E-state index contributed by atoms with van der Waals surface area (Å²) in [6, 6.07) is 76.1. The highest BCUT2D eigenvalue weighted by atomic mass is 32.1. The largest absolute Gasteiger partial charge is 0.384 e. The van der Waals surface area contributed by atoms with E-state index in [2.05, 4.69) is 191 Å². The monoisotopic (exact) mass is 847 g/mol. The number of nitrogens with two attached hydrogens (primary N) is 2. The van der Waals surface area contributed by atoms with E-state index in [1.807, 2.05) is 48.5 Å². The molecular formula is C60H53N3S. The van der Waals surface area contributed by atoms with Gasteiger partial charge in [-0.1, -0.05) is 226 Å². The molecule has 0 spiro atoms. The van der Waals surface area contributed by atoms with Crippen molar-refractivity contribution < 1.29 is 0 Å². The predicted molar refractivity (Wildman–Crippen MR) is 275 cm³/mol. The van der Waals surface area contributed by atoms with Gasteiger partial charge in [0.25, 0.3) is 0 Å². The molecule has 0 saturated heterocycles. The van der Waals surface area contributed by atoms with Crippen molar-refractivity contribution in [2.75, 3.05) is 0 Å². The van der Waals surface area contributed by atoms with Crippen LogP contribution in [0.3, 0.4) is 0 Å². The first kappa shape index (κ1) is 43.4. The Morgan fingerprint density at radius 3 is 1.66 bits per heavy atom. The Morgan fingerprint density at radius 1 is 0.469 bits per heavy atom. The number of aryl methyl sites for hydroxylation is 1. The summed E-state index contributed by atoms with van der Waals surface area (Å²) in [5.74, 6) is 0.121. The molecule has 64 heavy (non-hydrogen) atoms. The van der Waals surface area contributed by atoms with Gasteiger partial charge >= 0.3 is 0 Å². The topological polar surface area (TPSA) is 75.9 Å². The van der Waals surface area contributed by atoms with Crippen LogP contribution in [-0.4, -0.2) is 5.84 Å². The first-order valence-corrected chi connectivity index (χ1v) is 22.1. The van der Waals surface area contributed by atoms with E-state index in [0.717, 1.165) is 38.3 Å². The summed E-state index contributed by atoms with van der Waals surface area (Å²) in [5.41, 5.74) is 32.3. The van der Waals surface area contributed by atoms with E-state index in [4.69, 9.17) is 29.5 Å². The number of fused-ring (bicyclic) bond motifs is 3. The number of nitrogens with one attached hydrogen (secondary N) is 1. The number of hydrogen-bond acceptors (Lipinski definition) is 3. The van der Waals surface area contributed by atoms with Crippen molar-refractivity contribution in [1.82, 2.24) is 0 Å². The second-order valence-electron chi connectivity index (χ2n) is 16.6. The molecule has 4 heteroatoms. The second kappa shape index (κ2) is 19.4. The molecule has 3 nitrogen and oxygen atoms in total. The van der Waals surface area contributed by atoms with Crippen LogP contribution < -0.4 is 11.5 Å². The summed E-state index contributed by atoms with van der Waals surface area (Å²) in [4.78, 5) is 0.955. The van der Waals surface area contributed by atoms with Gasteiger partial charge < -0.3 is 11.5 Å². The molecule has 0 aromatic heterocycles. The molecule has 1 aliphatic carbocycles. The maximum absolute atomic E-state index is 7.01. The zero-order chi connectivity index (χ0) is 44.6. The van der Waals surface area contributed by atoms with E-state index < -0.39 is 0 Å². The lowest BCUT2D eigenvalue weighted by molar-refractivity contribution is 0.662. The Bertz CT molecular complexity index is 3040. The Labute approximate surface area is 384 Å². The summed E-state index contributed by atoms with van der Waals surface area (Å²) in [5, 5.41) is 7.01. The van der Waals surface area contributed by atoms with Crippen molar-refractivity contribution in [3.63, 3.8) is 0 Å². The predicted octanol–water partition coefficient (Wildman–Crippen LogP) is 15.0. The molecule has 0 aliphatic heterocycles. The van der Waals surface area contributed by atoms with Gasteiger partial charge in [-0.15, -0.1) is 12.6 Å².